The topological polar surface area (TPSA) is 9.23 Å². The van der Waals surface area contributed by atoms with E-state index in [1.807, 2.05) is 0 Å². The number of halogens is 6. The van der Waals surface area contributed by atoms with Gasteiger partial charge in [0.15, 0.2) is 11.6 Å². The molecule has 1 aliphatic carbocycles. The second kappa shape index (κ2) is 11.5. The van der Waals surface area contributed by atoms with Crippen LogP contribution in [0.15, 0.2) is 30.3 Å². The Hall–Kier alpha value is -2.18. The van der Waals surface area contributed by atoms with Crippen LogP contribution in [0.5, 0.6) is 5.75 Å². The maximum atomic E-state index is 14.8. The summed E-state index contributed by atoms with van der Waals surface area (Å²) in [4.78, 5) is 0. The average Bonchev–Trinajstić information content (AvgIpc) is 2.74. The molecule has 2 aromatic carbocycles. The molecule has 188 valence electrons. The minimum absolute atomic E-state index is 0.0283. The van der Waals surface area contributed by atoms with Crippen molar-refractivity contribution in [2.75, 3.05) is 0 Å². The molecule has 0 saturated heterocycles. The van der Waals surface area contributed by atoms with Crippen LogP contribution in [0.1, 0.15) is 81.4 Å². The number of hydrogen-bond donors (Lipinski definition) is 0. The van der Waals surface area contributed by atoms with Crippen molar-refractivity contribution >= 4 is 0 Å². The maximum absolute atomic E-state index is 14.8. The van der Waals surface area contributed by atoms with Crippen LogP contribution >= 0.6 is 0 Å². The first-order chi connectivity index (χ1) is 16.0. The zero-order chi connectivity index (χ0) is 24.9. The van der Waals surface area contributed by atoms with Gasteiger partial charge in [0.1, 0.15) is 11.6 Å². The maximum Gasteiger partial charge on any atom is 0.573 e. The van der Waals surface area contributed by atoms with E-state index in [1.165, 1.54) is 37.5 Å². The molecule has 1 saturated carbocycles. The third-order valence-electron chi connectivity index (χ3n) is 6.76. The lowest BCUT2D eigenvalue weighted by Crippen LogP contribution is -2.18. The lowest BCUT2D eigenvalue weighted by atomic mass is 9.76. The van der Waals surface area contributed by atoms with E-state index in [2.05, 4.69) is 18.6 Å². The van der Waals surface area contributed by atoms with Gasteiger partial charge in [-0.25, -0.2) is 13.2 Å². The summed E-state index contributed by atoms with van der Waals surface area (Å²) < 4.78 is 83.8. The third-order valence-corrected chi connectivity index (χ3v) is 6.76. The van der Waals surface area contributed by atoms with Crippen LogP contribution in [0.25, 0.3) is 0 Å². The molecule has 0 bridgehead atoms. The molecule has 0 atom stereocenters. The second-order valence-electron chi connectivity index (χ2n) is 9.82. The van der Waals surface area contributed by atoms with Gasteiger partial charge >= 0.3 is 6.36 Å². The summed E-state index contributed by atoms with van der Waals surface area (Å²) in [6.07, 6.45) is 2.74. The van der Waals surface area contributed by atoms with Crippen molar-refractivity contribution in [3.05, 3.63) is 64.5 Å². The van der Waals surface area contributed by atoms with E-state index in [0.29, 0.717) is 23.0 Å². The highest BCUT2D eigenvalue weighted by atomic mass is 19.4. The summed E-state index contributed by atoms with van der Waals surface area (Å²) in [7, 11) is 0. The van der Waals surface area contributed by atoms with E-state index in [1.54, 1.807) is 0 Å². The molecular weight excluding hydrogens is 454 g/mol. The predicted octanol–water partition coefficient (Wildman–Crippen LogP) is 8.89. The zero-order valence-electron chi connectivity index (χ0n) is 19.7. The summed E-state index contributed by atoms with van der Waals surface area (Å²) in [5.74, 6) is -1.83. The van der Waals surface area contributed by atoms with E-state index in [-0.39, 0.29) is 24.3 Å². The Morgan fingerprint density at radius 2 is 1.53 bits per heavy atom. The zero-order valence-corrected chi connectivity index (χ0v) is 19.7. The van der Waals surface area contributed by atoms with Gasteiger partial charge in [0, 0.05) is 5.56 Å². The molecule has 0 aliphatic heterocycles. The minimum atomic E-state index is -5.00. The Morgan fingerprint density at radius 3 is 2.09 bits per heavy atom. The smallest absolute Gasteiger partial charge is 0.403 e. The molecule has 0 unspecified atom stereocenters. The van der Waals surface area contributed by atoms with Crippen LogP contribution in [0.3, 0.4) is 0 Å². The van der Waals surface area contributed by atoms with E-state index in [9.17, 15) is 26.3 Å². The Labute approximate surface area is 197 Å². The molecule has 34 heavy (non-hydrogen) atoms. The van der Waals surface area contributed by atoms with Crippen molar-refractivity contribution in [3.8, 4) is 5.75 Å². The Morgan fingerprint density at radius 1 is 0.882 bits per heavy atom. The molecule has 1 fully saturated rings. The molecule has 7 heteroatoms. The fraction of sp³-hybridized carbons (Fsp3) is 0.556. The fourth-order valence-corrected chi connectivity index (χ4v) is 4.87. The lowest BCUT2D eigenvalue weighted by molar-refractivity contribution is -0.275. The number of alkyl halides is 3. The standard InChI is InChI=1S/C27H32F6O/c1-17(2)4-3-5-18-6-10-20(11-7-18)21-15-23(28)22(24(29)16-21)12-8-19-9-13-26(25(30)14-19)34-27(31,32)33/h9,13-18,20H,3-8,10-12H2,1-2H3. The van der Waals surface area contributed by atoms with Crippen LogP contribution in [0.2, 0.25) is 0 Å². The largest absolute Gasteiger partial charge is 0.573 e. The molecule has 3 rings (SSSR count). The number of benzene rings is 2. The number of hydrogen-bond acceptors (Lipinski definition) is 1. The van der Waals surface area contributed by atoms with Crippen LogP contribution in [0.4, 0.5) is 26.3 Å². The molecule has 0 spiro atoms. The number of rotatable bonds is 9. The van der Waals surface area contributed by atoms with Gasteiger partial charge in [0.2, 0.25) is 0 Å². The highest BCUT2D eigenvalue weighted by molar-refractivity contribution is 5.32. The summed E-state index contributed by atoms with van der Waals surface area (Å²) in [6, 6.07) is 5.83. The van der Waals surface area contributed by atoms with E-state index in [0.717, 1.165) is 37.8 Å². The highest BCUT2D eigenvalue weighted by Gasteiger charge is 2.32. The Kier molecular flexibility index (Phi) is 8.94. The molecular formula is C27H32F6O. The minimum Gasteiger partial charge on any atom is -0.403 e. The molecule has 0 amide bonds. The summed E-state index contributed by atoms with van der Waals surface area (Å²) >= 11 is 0. The molecule has 0 heterocycles. The van der Waals surface area contributed by atoms with Gasteiger partial charge in [-0.2, -0.15) is 0 Å². The number of ether oxygens (including phenoxy) is 1. The number of aryl methyl sites for hydroxylation is 1. The molecule has 0 aromatic heterocycles. The molecule has 0 N–H and O–H groups in total. The van der Waals surface area contributed by atoms with Crippen molar-refractivity contribution < 1.29 is 31.1 Å². The van der Waals surface area contributed by atoms with E-state index in [4.69, 9.17) is 0 Å². The Bertz CT molecular complexity index is 922. The first kappa shape index (κ1) is 26.4. The van der Waals surface area contributed by atoms with Crippen molar-refractivity contribution in [3.63, 3.8) is 0 Å². The van der Waals surface area contributed by atoms with Crippen molar-refractivity contribution in [2.45, 2.75) is 83.9 Å². The molecule has 0 radical (unpaired) electrons. The van der Waals surface area contributed by atoms with Crippen molar-refractivity contribution in [1.29, 1.82) is 0 Å². The van der Waals surface area contributed by atoms with Gasteiger partial charge in [0.05, 0.1) is 0 Å². The van der Waals surface area contributed by atoms with Gasteiger partial charge < -0.3 is 4.74 Å². The fourth-order valence-electron chi connectivity index (χ4n) is 4.87. The third kappa shape index (κ3) is 7.67. The summed E-state index contributed by atoms with van der Waals surface area (Å²) in [5, 5.41) is 0. The normalized spacial score (nSPS) is 19.0. The SMILES string of the molecule is CC(C)CCCC1CCC(c2cc(F)c(CCc3ccc(OC(F)(F)F)c(F)c3)c(F)c2)CC1. The second-order valence-corrected chi connectivity index (χ2v) is 9.82. The molecule has 1 aliphatic rings. The highest BCUT2D eigenvalue weighted by Crippen LogP contribution is 2.39. The van der Waals surface area contributed by atoms with Gasteiger partial charge in [-0.3, -0.25) is 0 Å². The summed E-state index contributed by atoms with van der Waals surface area (Å²) in [6.45, 7) is 4.45. The van der Waals surface area contributed by atoms with Crippen molar-refractivity contribution in [2.24, 2.45) is 11.8 Å². The Balaban J connectivity index is 1.57. The van der Waals surface area contributed by atoms with Gasteiger partial charge in [-0.05, 0) is 91.7 Å². The lowest BCUT2D eigenvalue weighted by Gasteiger charge is -2.29. The predicted molar refractivity (Wildman–Crippen MR) is 120 cm³/mol. The van der Waals surface area contributed by atoms with E-state index >= 15 is 0 Å². The van der Waals surface area contributed by atoms with Gasteiger partial charge in [-0.1, -0.05) is 39.2 Å². The van der Waals surface area contributed by atoms with Crippen LogP contribution in [-0.4, -0.2) is 6.36 Å². The molecule has 2 aromatic rings. The van der Waals surface area contributed by atoms with E-state index < -0.39 is 29.6 Å². The average molecular weight is 487 g/mol. The quantitative estimate of drug-likeness (QED) is 0.322. The monoisotopic (exact) mass is 486 g/mol. The molecule has 1 nitrogen and oxygen atoms in total. The summed E-state index contributed by atoms with van der Waals surface area (Å²) in [5.41, 5.74) is 0.909. The first-order valence-electron chi connectivity index (χ1n) is 12.0. The van der Waals surface area contributed by atoms with Crippen LogP contribution in [-0.2, 0) is 12.8 Å². The van der Waals surface area contributed by atoms with Gasteiger partial charge in [0.25, 0.3) is 0 Å². The van der Waals surface area contributed by atoms with Crippen LogP contribution < -0.4 is 4.74 Å². The van der Waals surface area contributed by atoms with Gasteiger partial charge in [-0.15, -0.1) is 13.2 Å². The first-order valence-corrected chi connectivity index (χ1v) is 12.0. The van der Waals surface area contributed by atoms with Crippen molar-refractivity contribution in [1.82, 2.24) is 0 Å². The van der Waals surface area contributed by atoms with Crippen LogP contribution in [0, 0.1) is 29.3 Å².